The van der Waals surface area contributed by atoms with Gasteiger partial charge in [-0.3, -0.25) is 0 Å². The second-order valence-corrected chi connectivity index (χ2v) is 2.78. The number of carbonyl (C=O) groups excluding carboxylic acids is 1. The van der Waals surface area contributed by atoms with Crippen LogP contribution in [0.5, 0.6) is 0 Å². The minimum absolute atomic E-state index is 0.202. The molecule has 0 aliphatic rings. The number of ether oxygens (including phenoxy) is 2. The number of carbonyl (C=O) groups is 1. The number of rotatable bonds is 7. The summed E-state index contributed by atoms with van der Waals surface area (Å²) in [5.41, 5.74) is 0. The molecule has 16 heavy (non-hydrogen) atoms. The highest BCUT2D eigenvalue weighted by atomic mass is 16.5. The minimum atomic E-state index is -0.437. The highest BCUT2D eigenvalue weighted by molar-refractivity contribution is 5.83. The summed E-state index contributed by atoms with van der Waals surface area (Å²) >= 11 is 0. The monoisotopic (exact) mass is 222 g/mol. The molecule has 0 N–H and O–H groups in total. The topological polar surface area (TPSA) is 35.5 Å². The third-order valence-corrected chi connectivity index (χ3v) is 1.48. The van der Waals surface area contributed by atoms with Crippen molar-refractivity contribution in [2.75, 3.05) is 13.2 Å². The van der Waals surface area contributed by atoms with Gasteiger partial charge in [0.1, 0.15) is 12.4 Å². The Hall–Kier alpha value is -1.77. The number of esters is 1. The lowest BCUT2D eigenvalue weighted by molar-refractivity contribution is -0.136. The maximum atomic E-state index is 11.2. The summed E-state index contributed by atoms with van der Waals surface area (Å²) in [4.78, 5) is 11.2. The molecule has 0 unspecified atom stereocenters. The van der Waals surface area contributed by atoms with Crippen molar-refractivity contribution in [1.82, 2.24) is 0 Å². The fraction of sp³-hybridized carbons (Fsp3) is 0.308. The Kier molecular flexibility index (Phi) is 8.69. The van der Waals surface area contributed by atoms with E-state index in [2.05, 4.69) is 6.58 Å². The predicted octanol–water partition coefficient (Wildman–Crippen LogP) is 2.77. The van der Waals surface area contributed by atoms with Crippen LogP contribution in [0.15, 0.2) is 48.8 Å². The third-order valence-electron chi connectivity index (χ3n) is 1.48. The second kappa shape index (κ2) is 9.77. The Morgan fingerprint density at radius 3 is 2.62 bits per heavy atom. The molecule has 0 amide bonds. The van der Waals surface area contributed by atoms with Gasteiger partial charge >= 0.3 is 5.97 Å². The zero-order valence-electron chi connectivity index (χ0n) is 9.81. The van der Waals surface area contributed by atoms with E-state index in [9.17, 15) is 4.79 Å². The summed E-state index contributed by atoms with van der Waals surface area (Å²) in [5, 5.41) is 0. The van der Waals surface area contributed by atoms with Gasteiger partial charge in [-0.1, -0.05) is 30.9 Å². The molecule has 3 heteroatoms. The molecule has 3 nitrogen and oxygen atoms in total. The van der Waals surface area contributed by atoms with Crippen LogP contribution in [0.25, 0.3) is 0 Å². The quantitative estimate of drug-likeness (QED) is 0.218. The molecule has 0 aliphatic carbocycles. The van der Waals surface area contributed by atoms with Gasteiger partial charge < -0.3 is 9.47 Å². The summed E-state index contributed by atoms with van der Waals surface area (Å²) in [6, 6.07) is 0. The maximum Gasteiger partial charge on any atom is 0.334 e. The average Bonchev–Trinajstić information content (AvgIpc) is 2.27. The Bertz CT molecular complexity index is 298. The zero-order chi connectivity index (χ0) is 12.2. The van der Waals surface area contributed by atoms with Crippen molar-refractivity contribution < 1.29 is 14.3 Å². The number of hydrogen-bond donors (Lipinski definition) is 0. The highest BCUT2D eigenvalue weighted by Gasteiger charge is 1.99. The van der Waals surface area contributed by atoms with Gasteiger partial charge in [-0.2, -0.15) is 0 Å². The minimum Gasteiger partial charge on any atom is -0.494 e. The summed E-state index contributed by atoms with van der Waals surface area (Å²) in [7, 11) is 0. The average molecular weight is 222 g/mol. The van der Waals surface area contributed by atoms with Gasteiger partial charge in [0.25, 0.3) is 0 Å². The zero-order valence-corrected chi connectivity index (χ0v) is 9.81. The van der Waals surface area contributed by atoms with Crippen molar-refractivity contribution >= 4 is 5.97 Å². The van der Waals surface area contributed by atoms with Crippen molar-refractivity contribution in [3.8, 4) is 0 Å². The van der Waals surface area contributed by atoms with Crippen molar-refractivity contribution in [2.24, 2.45) is 0 Å². The Morgan fingerprint density at radius 1 is 1.31 bits per heavy atom. The first kappa shape index (κ1) is 14.2. The molecule has 0 spiro atoms. The van der Waals surface area contributed by atoms with E-state index in [1.54, 1.807) is 12.2 Å². The standard InChI is InChI=1S/C13H18O3/c1-4-7-8-9-12(15-6-3)11-13(14)16-10-5-2/h4-5,7-9,11H,2,6,10H2,1,3H3/b7-4+,9-8+,12-11+. The van der Waals surface area contributed by atoms with E-state index in [1.807, 2.05) is 26.0 Å². The van der Waals surface area contributed by atoms with E-state index in [-0.39, 0.29) is 6.61 Å². The van der Waals surface area contributed by atoms with Crippen LogP contribution in [0.1, 0.15) is 13.8 Å². The molecule has 0 saturated carbocycles. The smallest absolute Gasteiger partial charge is 0.334 e. The predicted molar refractivity (Wildman–Crippen MR) is 64.8 cm³/mol. The van der Waals surface area contributed by atoms with E-state index >= 15 is 0 Å². The van der Waals surface area contributed by atoms with Crippen LogP contribution in [0.4, 0.5) is 0 Å². The van der Waals surface area contributed by atoms with Gasteiger partial charge in [-0.05, 0) is 19.9 Å². The number of hydrogen-bond acceptors (Lipinski definition) is 3. The third kappa shape index (κ3) is 7.62. The molecule has 0 bridgehead atoms. The van der Waals surface area contributed by atoms with Crippen LogP contribution in [0.2, 0.25) is 0 Å². The molecule has 0 atom stereocenters. The lowest BCUT2D eigenvalue weighted by Gasteiger charge is -2.03. The fourth-order valence-electron chi connectivity index (χ4n) is 0.865. The molecule has 0 radical (unpaired) electrons. The van der Waals surface area contributed by atoms with Crippen LogP contribution < -0.4 is 0 Å². The van der Waals surface area contributed by atoms with Gasteiger partial charge in [0.05, 0.1) is 12.7 Å². The summed E-state index contributed by atoms with van der Waals surface area (Å²) in [6.45, 7) is 7.92. The van der Waals surface area contributed by atoms with Crippen LogP contribution in [0, 0.1) is 0 Å². The molecule has 0 fully saturated rings. The highest BCUT2D eigenvalue weighted by Crippen LogP contribution is 2.01. The molecule has 0 aromatic heterocycles. The molecule has 0 aromatic rings. The maximum absolute atomic E-state index is 11.2. The fourth-order valence-corrected chi connectivity index (χ4v) is 0.865. The van der Waals surface area contributed by atoms with Crippen LogP contribution in [-0.4, -0.2) is 19.2 Å². The lowest BCUT2D eigenvalue weighted by atomic mass is 10.3. The summed E-state index contributed by atoms with van der Waals surface area (Å²) in [6.07, 6.45) is 10.1. The first-order valence-corrected chi connectivity index (χ1v) is 5.16. The van der Waals surface area contributed by atoms with E-state index in [0.29, 0.717) is 12.4 Å². The van der Waals surface area contributed by atoms with Crippen LogP contribution in [-0.2, 0) is 14.3 Å². The molecular weight excluding hydrogens is 204 g/mol. The van der Waals surface area contributed by atoms with E-state index in [0.717, 1.165) is 0 Å². The Balaban J connectivity index is 4.43. The first-order valence-electron chi connectivity index (χ1n) is 5.16. The lowest BCUT2D eigenvalue weighted by Crippen LogP contribution is -2.02. The van der Waals surface area contributed by atoms with Crippen molar-refractivity contribution in [2.45, 2.75) is 13.8 Å². The Morgan fingerprint density at radius 2 is 2.06 bits per heavy atom. The summed E-state index contributed by atoms with van der Waals surface area (Å²) in [5.74, 6) is 0.0446. The molecular formula is C13H18O3. The van der Waals surface area contributed by atoms with Crippen molar-refractivity contribution in [3.63, 3.8) is 0 Å². The normalized spacial score (nSPS) is 12.0. The second-order valence-electron chi connectivity index (χ2n) is 2.78. The molecule has 88 valence electrons. The van der Waals surface area contributed by atoms with Crippen LogP contribution >= 0.6 is 0 Å². The van der Waals surface area contributed by atoms with Gasteiger partial charge in [0, 0.05) is 0 Å². The van der Waals surface area contributed by atoms with Gasteiger partial charge in [-0.25, -0.2) is 4.79 Å². The van der Waals surface area contributed by atoms with E-state index in [1.165, 1.54) is 12.2 Å². The van der Waals surface area contributed by atoms with Crippen molar-refractivity contribution in [3.05, 3.63) is 48.8 Å². The molecule has 0 aromatic carbocycles. The van der Waals surface area contributed by atoms with E-state index in [4.69, 9.17) is 9.47 Å². The number of allylic oxidation sites excluding steroid dienone is 4. The molecule has 0 heterocycles. The largest absolute Gasteiger partial charge is 0.494 e. The Labute approximate surface area is 96.7 Å². The first-order chi connectivity index (χ1) is 7.74. The SMILES string of the molecule is C=CCOC(=O)\C=C(/C=C/C=C/C)OCC. The molecule has 0 rings (SSSR count). The van der Waals surface area contributed by atoms with Crippen molar-refractivity contribution in [1.29, 1.82) is 0 Å². The summed E-state index contributed by atoms with van der Waals surface area (Å²) < 4.78 is 10.1. The molecule has 0 saturated heterocycles. The van der Waals surface area contributed by atoms with E-state index < -0.39 is 5.97 Å². The van der Waals surface area contributed by atoms with Gasteiger partial charge in [-0.15, -0.1) is 0 Å². The van der Waals surface area contributed by atoms with Gasteiger partial charge in [0.2, 0.25) is 0 Å². The van der Waals surface area contributed by atoms with Gasteiger partial charge in [0.15, 0.2) is 0 Å². The van der Waals surface area contributed by atoms with Crippen LogP contribution in [0.3, 0.4) is 0 Å². The molecule has 0 aliphatic heterocycles.